The molecular formula is C21H25ClF3N3O6. The molecule has 9 nitrogen and oxygen atoms in total. The fourth-order valence-corrected chi connectivity index (χ4v) is 4.17. The third-order valence-corrected chi connectivity index (χ3v) is 5.74. The van der Waals surface area contributed by atoms with Crippen LogP contribution in [0, 0.1) is 5.21 Å². The van der Waals surface area contributed by atoms with Crippen molar-refractivity contribution in [2.24, 2.45) is 5.28 Å². The number of ether oxygens (including phenoxy) is 2. The summed E-state index contributed by atoms with van der Waals surface area (Å²) in [6, 6.07) is 2.43. The van der Waals surface area contributed by atoms with E-state index in [1.165, 1.54) is 17.1 Å². The van der Waals surface area contributed by atoms with Gasteiger partial charge in [0, 0.05) is 10.6 Å². The lowest BCUT2D eigenvalue weighted by Crippen LogP contribution is -2.41. The number of fused-ring (bicyclic) bond motifs is 1. The van der Waals surface area contributed by atoms with E-state index in [-0.39, 0.29) is 22.9 Å². The Bertz CT molecular complexity index is 993. The lowest BCUT2D eigenvalue weighted by atomic mass is 9.85. The Morgan fingerprint density at radius 2 is 2.09 bits per heavy atom. The maximum Gasteiger partial charge on any atom is 0.430 e. The minimum absolute atomic E-state index is 0.0644. The smallest absolute Gasteiger partial charge is 0.430 e. The van der Waals surface area contributed by atoms with Gasteiger partial charge in [0.2, 0.25) is 11.4 Å². The number of nitrogens with zero attached hydrogens (tertiary/aromatic N) is 3. The van der Waals surface area contributed by atoms with Crippen LogP contribution in [0.4, 0.5) is 13.2 Å². The van der Waals surface area contributed by atoms with Gasteiger partial charge in [0.15, 0.2) is 0 Å². The molecule has 0 spiro atoms. The van der Waals surface area contributed by atoms with E-state index in [1.54, 1.807) is 0 Å². The zero-order valence-corrected chi connectivity index (χ0v) is 19.5. The molecule has 3 rings (SSSR count). The van der Waals surface area contributed by atoms with Gasteiger partial charge in [-0.05, 0) is 42.0 Å². The number of benzene rings is 1. The van der Waals surface area contributed by atoms with E-state index in [0.717, 1.165) is 6.08 Å². The summed E-state index contributed by atoms with van der Waals surface area (Å²) < 4.78 is 50.9. The lowest BCUT2D eigenvalue weighted by molar-refractivity contribution is -0.715. The van der Waals surface area contributed by atoms with Crippen molar-refractivity contribution >= 4 is 23.6 Å². The molecule has 1 fully saturated rings. The number of rotatable bonds is 6. The summed E-state index contributed by atoms with van der Waals surface area (Å²) in [6.07, 6.45) is -5.20. The molecule has 0 amide bonds. The molecule has 188 valence electrons. The first-order chi connectivity index (χ1) is 15.8. The van der Waals surface area contributed by atoms with Crippen molar-refractivity contribution in [3.63, 3.8) is 0 Å². The van der Waals surface area contributed by atoms with Gasteiger partial charge >= 0.3 is 12.1 Å². The van der Waals surface area contributed by atoms with Crippen molar-refractivity contribution in [2.45, 2.75) is 57.3 Å². The predicted molar refractivity (Wildman–Crippen MR) is 114 cm³/mol. The Labute approximate surface area is 198 Å². The maximum atomic E-state index is 13.7. The highest BCUT2D eigenvalue weighted by Gasteiger charge is 2.49. The average molecular weight is 508 g/mol. The molecule has 2 atom stereocenters. The van der Waals surface area contributed by atoms with Crippen molar-refractivity contribution in [3.8, 4) is 5.75 Å². The molecule has 2 aliphatic heterocycles. The second kappa shape index (κ2) is 9.87. The van der Waals surface area contributed by atoms with E-state index in [0.29, 0.717) is 30.0 Å². The van der Waals surface area contributed by atoms with E-state index in [4.69, 9.17) is 21.1 Å². The molecule has 1 aromatic carbocycles. The molecule has 0 aliphatic carbocycles. The lowest BCUT2D eigenvalue weighted by Gasteiger charge is -2.30. The minimum Gasteiger partial charge on any atom is -0.569 e. The first-order valence-corrected chi connectivity index (χ1v) is 10.8. The van der Waals surface area contributed by atoms with E-state index >= 15 is 0 Å². The summed E-state index contributed by atoms with van der Waals surface area (Å²) in [5.41, 5.74) is -0.478. The van der Waals surface area contributed by atoms with Crippen LogP contribution >= 0.6 is 11.6 Å². The molecule has 0 aromatic heterocycles. The minimum atomic E-state index is -4.91. The van der Waals surface area contributed by atoms with Crippen LogP contribution in [0.3, 0.4) is 0 Å². The van der Waals surface area contributed by atoms with Crippen molar-refractivity contribution in [1.29, 1.82) is 0 Å². The van der Waals surface area contributed by atoms with Gasteiger partial charge in [-0.25, -0.2) is 4.79 Å². The van der Waals surface area contributed by atoms with Crippen LogP contribution in [0.2, 0.25) is 5.02 Å². The maximum absolute atomic E-state index is 13.7. The van der Waals surface area contributed by atoms with Gasteiger partial charge in [-0.1, -0.05) is 32.4 Å². The average Bonchev–Trinajstić information content (AvgIpc) is 3.22. The van der Waals surface area contributed by atoms with Gasteiger partial charge in [-0.15, -0.1) is 5.01 Å². The Balaban J connectivity index is 1.75. The van der Waals surface area contributed by atoms with E-state index < -0.39 is 42.1 Å². The van der Waals surface area contributed by atoms with Gasteiger partial charge in [0.05, 0.1) is 23.7 Å². The van der Waals surface area contributed by atoms with Crippen LogP contribution in [-0.2, 0) is 19.8 Å². The summed E-state index contributed by atoms with van der Waals surface area (Å²) in [7, 11) is 0. The Kier molecular flexibility index (Phi) is 7.51. The Morgan fingerprint density at radius 1 is 1.38 bits per heavy atom. The normalized spacial score (nSPS) is 21.0. The molecule has 1 saturated heterocycles. The van der Waals surface area contributed by atoms with Gasteiger partial charge in [-0.2, -0.15) is 13.2 Å². The monoisotopic (exact) mass is 507 g/mol. The number of aliphatic hydroxyl groups is 1. The highest BCUT2D eigenvalue weighted by atomic mass is 35.5. The molecule has 1 aromatic rings. The number of alkyl halides is 3. The summed E-state index contributed by atoms with van der Waals surface area (Å²) in [5.74, 6) is -1.42. The van der Waals surface area contributed by atoms with E-state index in [9.17, 15) is 28.3 Å². The molecule has 2 aliphatic rings. The third-order valence-electron chi connectivity index (χ3n) is 5.43. The molecule has 0 saturated carbocycles. The van der Waals surface area contributed by atoms with Crippen molar-refractivity contribution in [3.05, 3.63) is 39.1 Å². The standard InChI is InChI=1S/C21H25ClF3N3O6/c1-20(2,3)15-9-17-12(8-16(15)22)7-14(18(34-17)21(23,24)25)19(30)32-11-33-26-28(31)27-6-4-5-13(27)10-29/h7-9,13,18,29H,4-6,10-11H2,1-3H3/b28-26-/t13-,18?/m0/s1. The van der Waals surface area contributed by atoms with Crippen LogP contribution in [0.5, 0.6) is 5.75 Å². The number of carbonyl (C=O) groups excluding carboxylic acids is 1. The topological polar surface area (TPSA) is 107 Å². The highest BCUT2D eigenvalue weighted by Crippen LogP contribution is 2.42. The zero-order valence-electron chi connectivity index (χ0n) is 18.8. The van der Waals surface area contributed by atoms with Crippen LogP contribution < -0.4 is 4.74 Å². The number of esters is 1. The zero-order chi connectivity index (χ0) is 25.3. The summed E-state index contributed by atoms with van der Waals surface area (Å²) >= 11 is 6.30. The first kappa shape index (κ1) is 25.9. The van der Waals surface area contributed by atoms with Crippen molar-refractivity contribution in [1.82, 2.24) is 5.01 Å². The van der Waals surface area contributed by atoms with Crippen molar-refractivity contribution in [2.75, 3.05) is 19.9 Å². The SMILES string of the molecule is CC(C)(C)c1cc2c(cc1Cl)C=C(C(=O)OCO/N=[N+](\[O-])N1CCC[C@H]1CO)C(C(F)(F)F)O2. The fourth-order valence-electron chi connectivity index (χ4n) is 3.72. The third kappa shape index (κ3) is 5.66. The molecule has 13 heteroatoms. The fraction of sp³-hybridized carbons (Fsp3) is 0.571. The second-order valence-corrected chi connectivity index (χ2v) is 9.32. The number of hydrogen-bond acceptors (Lipinski definition) is 7. The molecule has 34 heavy (non-hydrogen) atoms. The predicted octanol–water partition coefficient (Wildman–Crippen LogP) is 4.11. The van der Waals surface area contributed by atoms with Gasteiger partial charge in [0.25, 0.3) is 6.79 Å². The molecule has 2 heterocycles. The van der Waals surface area contributed by atoms with Crippen LogP contribution in [0.25, 0.3) is 6.08 Å². The molecular weight excluding hydrogens is 483 g/mol. The summed E-state index contributed by atoms with van der Waals surface area (Å²) in [5, 5.41) is 25.9. The van der Waals surface area contributed by atoms with Crippen LogP contribution in [0.15, 0.2) is 23.0 Å². The highest BCUT2D eigenvalue weighted by molar-refractivity contribution is 6.31. The summed E-state index contributed by atoms with van der Waals surface area (Å²) in [6.45, 7) is 4.74. The first-order valence-electron chi connectivity index (χ1n) is 10.5. The molecule has 1 N–H and O–H groups in total. The van der Waals surface area contributed by atoms with Crippen molar-refractivity contribution < 1.29 is 42.4 Å². The van der Waals surface area contributed by atoms with E-state index in [1.807, 2.05) is 20.8 Å². The number of hydrogen-bond donors (Lipinski definition) is 1. The quantitative estimate of drug-likeness (QED) is 0.154. The second-order valence-electron chi connectivity index (χ2n) is 8.91. The number of halogens is 4. The molecule has 0 bridgehead atoms. The summed E-state index contributed by atoms with van der Waals surface area (Å²) in [4.78, 5) is 17.1. The van der Waals surface area contributed by atoms with Gasteiger partial charge < -0.3 is 24.6 Å². The number of aliphatic hydroxyl groups excluding tert-OH is 1. The van der Waals surface area contributed by atoms with Crippen LogP contribution in [-0.4, -0.2) is 59.3 Å². The Hall–Kier alpha value is -2.73. The van der Waals surface area contributed by atoms with E-state index in [2.05, 4.69) is 10.1 Å². The van der Waals surface area contributed by atoms with Crippen LogP contribution in [0.1, 0.15) is 44.7 Å². The number of carbonyl (C=O) groups is 1. The van der Waals surface area contributed by atoms with Gasteiger partial charge in [-0.3, -0.25) is 0 Å². The molecule has 1 unspecified atom stereocenters. The Morgan fingerprint density at radius 3 is 2.71 bits per heavy atom. The number of hydrazine groups is 1. The molecule has 0 radical (unpaired) electrons. The van der Waals surface area contributed by atoms with Gasteiger partial charge in [0.1, 0.15) is 11.8 Å². The largest absolute Gasteiger partial charge is 0.569 e.